The first-order valence-corrected chi connectivity index (χ1v) is 7.00. The molecule has 0 aliphatic rings. The van der Waals surface area contributed by atoms with Crippen molar-refractivity contribution >= 4 is 34.4 Å². The number of nitrogens with one attached hydrogen (secondary N) is 1. The van der Waals surface area contributed by atoms with E-state index in [-0.39, 0.29) is 0 Å². The molecular formula is C13H15N3S2. The fourth-order valence-corrected chi connectivity index (χ4v) is 2.57. The minimum atomic E-state index is 0.322. The van der Waals surface area contributed by atoms with Gasteiger partial charge in [0.05, 0.1) is 12.2 Å². The fraction of sp³-hybridized carbons (Fsp3) is 0.231. The van der Waals surface area contributed by atoms with Crippen LogP contribution in [0.25, 0.3) is 0 Å². The Kier molecular flexibility index (Phi) is 4.28. The van der Waals surface area contributed by atoms with Gasteiger partial charge in [-0.05, 0) is 30.7 Å². The standard InChI is InChI=1S/C13H15N3S2/c1-2-9-6-7-10(18-9)8-15-12-5-3-4-11(16-12)13(14)17/h3-7H,2,8H2,1H3,(H2,14,17)(H,15,16). The highest BCUT2D eigenvalue weighted by atomic mass is 32.1. The molecule has 0 spiro atoms. The first-order chi connectivity index (χ1) is 8.69. The molecule has 3 N–H and O–H groups in total. The first kappa shape index (κ1) is 13.0. The van der Waals surface area contributed by atoms with Crippen LogP contribution in [0.2, 0.25) is 0 Å². The Morgan fingerprint density at radius 2 is 2.11 bits per heavy atom. The average Bonchev–Trinajstić information content (AvgIpc) is 2.84. The Balaban J connectivity index is 2.01. The molecule has 0 aliphatic carbocycles. The monoisotopic (exact) mass is 277 g/mol. The maximum absolute atomic E-state index is 5.55. The van der Waals surface area contributed by atoms with Crippen molar-refractivity contribution in [3.63, 3.8) is 0 Å². The molecule has 0 unspecified atom stereocenters. The summed E-state index contributed by atoms with van der Waals surface area (Å²) in [6.45, 7) is 2.94. The lowest BCUT2D eigenvalue weighted by Gasteiger charge is -2.05. The van der Waals surface area contributed by atoms with Crippen LogP contribution >= 0.6 is 23.6 Å². The van der Waals surface area contributed by atoms with Crippen LogP contribution in [0, 0.1) is 0 Å². The summed E-state index contributed by atoms with van der Waals surface area (Å²) < 4.78 is 0. The maximum Gasteiger partial charge on any atom is 0.127 e. The molecule has 0 bridgehead atoms. The summed E-state index contributed by atoms with van der Waals surface area (Å²) in [6.07, 6.45) is 1.08. The number of pyridine rings is 1. The quantitative estimate of drug-likeness (QED) is 0.825. The van der Waals surface area contributed by atoms with E-state index in [2.05, 4.69) is 29.4 Å². The Morgan fingerprint density at radius 1 is 1.33 bits per heavy atom. The molecule has 2 aromatic heterocycles. The third-order valence-electron chi connectivity index (χ3n) is 2.51. The van der Waals surface area contributed by atoms with Crippen molar-refractivity contribution in [3.05, 3.63) is 45.8 Å². The molecule has 2 heterocycles. The topological polar surface area (TPSA) is 50.9 Å². The highest BCUT2D eigenvalue weighted by Crippen LogP contribution is 2.18. The van der Waals surface area contributed by atoms with Crippen LogP contribution in [0.15, 0.2) is 30.3 Å². The number of aromatic nitrogens is 1. The Morgan fingerprint density at radius 3 is 2.78 bits per heavy atom. The molecule has 0 fully saturated rings. The van der Waals surface area contributed by atoms with Gasteiger partial charge in [-0.1, -0.05) is 25.2 Å². The Labute approximate surface area is 116 Å². The second-order valence-corrected chi connectivity index (χ2v) is 5.54. The molecule has 18 heavy (non-hydrogen) atoms. The van der Waals surface area contributed by atoms with Crippen LogP contribution in [0.5, 0.6) is 0 Å². The summed E-state index contributed by atoms with van der Waals surface area (Å²) in [5.41, 5.74) is 6.20. The van der Waals surface area contributed by atoms with Crippen molar-refractivity contribution in [2.45, 2.75) is 19.9 Å². The Hall–Kier alpha value is -1.46. The molecule has 0 aliphatic heterocycles. The molecule has 0 saturated carbocycles. The highest BCUT2D eigenvalue weighted by molar-refractivity contribution is 7.80. The molecule has 0 radical (unpaired) electrons. The number of rotatable bonds is 5. The van der Waals surface area contributed by atoms with Gasteiger partial charge in [0.25, 0.3) is 0 Å². The van der Waals surface area contributed by atoms with Crippen molar-refractivity contribution < 1.29 is 0 Å². The van der Waals surface area contributed by atoms with Crippen LogP contribution in [0.4, 0.5) is 5.82 Å². The van der Waals surface area contributed by atoms with Gasteiger partial charge < -0.3 is 11.1 Å². The number of anilines is 1. The van der Waals surface area contributed by atoms with Crippen molar-refractivity contribution in [2.75, 3.05) is 5.32 Å². The summed E-state index contributed by atoms with van der Waals surface area (Å²) in [7, 11) is 0. The van der Waals surface area contributed by atoms with E-state index in [1.807, 2.05) is 29.5 Å². The molecule has 0 atom stereocenters. The lowest BCUT2D eigenvalue weighted by Crippen LogP contribution is -2.12. The number of nitrogens with zero attached hydrogens (tertiary/aromatic N) is 1. The zero-order chi connectivity index (χ0) is 13.0. The molecule has 0 aromatic carbocycles. The van der Waals surface area contributed by atoms with Crippen molar-refractivity contribution in [2.24, 2.45) is 5.73 Å². The molecule has 0 amide bonds. The van der Waals surface area contributed by atoms with E-state index in [1.54, 1.807) is 0 Å². The van der Waals surface area contributed by atoms with E-state index in [1.165, 1.54) is 9.75 Å². The second kappa shape index (κ2) is 5.93. The zero-order valence-corrected chi connectivity index (χ0v) is 11.8. The minimum absolute atomic E-state index is 0.322. The van der Waals surface area contributed by atoms with Gasteiger partial charge in [-0.3, -0.25) is 0 Å². The summed E-state index contributed by atoms with van der Waals surface area (Å²) >= 11 is 6.73. The number of hydrogen-bond acceptors (Lipinski definition) is 4. The second-order valence-electron chi connectivity index (χ2n) is 3.85. The highest BCUT2D eigenvalue weighted by Gasteiger charge is 2.01. The van der Waals surface area contributed by atoms with Crippen LogP contribution in [-0.2, 0) is 13.0 Å². The van der Waals surface area contributed by atoms with E-state index in [4.69, 9.17) is 18.0 Å². The third kappa shape index (κ3) is 3.27. The molecule has 5 heteroatoms. The number of nitrogens with two attached hydrogens (primary N) is 1. The normalized spacial score (nSPS) is 10.3. The molecule has 94 valence electrons. The SMILES string of the molecule is CCc1ccc(CNc2cccc(C(N)=S)n2)s1. The summed E-state index contributed by atoms with van der Waals surface area (Å²) in [5, 5.41) is 3.28. The van der Waals surface area contributed by atoms with Crippen LogP contribution in [0.1, 0.15) is 22.4 Å². The number of aryl methyl sites for hydroxylation is 1. The van der Waals surface area contributed by atoms with E-state index < -0.39 is 0 Å². The van der Waals surface area contributed by atoms with Crippen molar-refractivity contribution in [1.29, 1.82) is 0 Å². The van der Waals surface area contributed by atoms with Gasteiger partial charge in [-0.25, -0.2) is 4.98 Å². The fourth-order valence-electron chi connectivity index (χ4n) is 1.56. The number of hydrogen-bond donors (Lipinski definition) is 2. The van der Waals surface area contributed by atoms with Gasteiger partial charge >= 0.3 is 0 Å². The predicted octanol–water partition coefficient (Wildman–Crippen LogP) is 2.95. The van der Waals surface area contributed by atoms with Crippen molar-refractivity contribution in [1.82, 2.24) is 4.98 Å². The van der Waals surface area contributed by atoms with Crippen LogP contribution in [0.3, 0.4) is 0 Å². The van der Waals surface area contributed by atoms with Gasteiger partial charge in [0.15, 0.2) is 0 Å². The summed E-state index contributed by atoms with van der Waals surface area (Å²) in [6, 6.07) is 9.94. The summed E-state index contributed by atoms with van der Waals surface area (Å²) in [4.78, 5) is 7.36. The van der Waals surface area contributed by atoms with Gasteiger partial charge in [-0.15, -0.1) is 11.3 Å². The van der Waals surface area contributed by atoms with Crippen LogP contribution < -0.4 is 11.1 Å². The molecule has 3 nitrogen and oxygen atoms in total. The molecule has 2 rings (SSSR count). The smallest absolute Gasteiger partial charge is 0.127 e. The lowest BCUT2D eigenvalue weighted by atomic mass is 10.3. The van der Waals surface area contributed by atoms with Crippen LogP contribution in [-0.4, -0.2) is 9.97 Å². The predicted molar refractivity (Wildman–Crippen MR) is 81.1 cm³/mol. The first-order valence-electron chi connectivity index (χ1n) is 5.77. The molecule has 2 aromatic rings. The summed E-state index contributed by atoms with van der Waals surface area (Å²) in [5.74, 6) is 0.798. The molecule has 0 saturated heterocycles. The largest absolute Gasteiger partial charge is 0.388 e. The van der Waals surface area contributed by atoms with Crippen molar-refractivity contribution in [3.8, 4) is 0 Å². The van der Waals surface area contributed by atoms with Gasteiger partial charge in [0, 0.05) is 9.75 Å². The average molecular weight is 277 g/mol. The van der Waals surface area contributed by atoms with Gasteiger partial charge in [0.2, 0.25) is 0 Å². The lowest BCUT2D eigenvalue weighted by molar-refractivity contribution is 1.13. The number of thiophene rings is 1. The zero-order valence-electron chi connectivity index (χ0n) is 10.1. The van der Waals surface area contributed by atoms with E-state index >= 15 is 0 Å². The van der Waals surface area contributed by atoms with E-state index in [0.29, 0.717) is 10.7 Å². The van der Waals surface area contributed by atoms with E-state index in [0.717, 1.165) is 18.8 Å². The van der Waals surface area contributed by atoms with E-state index in [9.17, 15) is 0 Å². The maximum atomic E-state index is 5.55. The van der Waals surface area contributed by atoms with Gasteiger partial charge in [0.1, 0.15) is 10.8 Å². The third-order valence-corrected chi connectivity index (χ3v) is 3.95. The minimum Gasteiger partial charge on any atom is -0.388 e. The number of thiocarbonyl (C=S) groups is 1. The van der Waals surface area contributed by atoms with Gasteiger partial charge in [-0.2, -0.15) is 0 Å². The Bertz CT molecular complexity index is 549. The molecular weight excluding hydrogens is 262 g/mol.